The minimum Gasteiger partial charge on any atom is -0.380 e. The Labute approximate surface area is 125 Å². The highest BCUT2D eigenvalue weighted by Crippen LogP contribution is 2.29. The molecule has 1 atom stereocenters. The predicted octanol–water partition coefficient (Wildman–Crippen LogP) is 2.90. The largest absolute Gasteiger partial charge is 0.380 e. The van der Waals surface area contributed by atoms with Crippen molar-refractivity contribution < 1.29 is 4.74 Å². The van der Waals surface area contributed by atoms with Gasteiger partial charge in [-0.1, -0.05) is 20.3 Å². The molecule has 1 unspecified atom stereocenters. The van der Waals surface area contributed by atoms with Crippen LogP contribution >= 0.6 is 0 Å². The van der Waals surface area contributed by atoms with Gasteiger partial charge in [-0.25, -0.2) is 0 Å². The van der Waals surface area contributed by atoms with Crippen molar-refractivity contribution in [1.82, 2.24) is 10.2 Å². The van der Waals surface area contributed by atoms with Gasteiger partial charge in [-0.3, -0.25) is 0 Å². The Kier molecular flexibility index (Phi) is 6.31. The fourth-order valence-electron chi connectivity index (χ4n) is 2.99. The highest BCUT2D eigenvalue weighted by molar-refractivity contribution is 4.86. The third kappa shape index (κ3) is 6.55. The number of ether oxygens (including phenoxy) is 1. The maximum atomic E-state index is 5.75. The first kappa shape index (κ1) is 16.3. The van der Waals surface area contributed by atoms with Gasteiger partial charge in [-0.05, 0) is 50.5 Å². The zero-order valence-electron chi connectivity index (χ0n) is 13.8. The van der Waals surface area contributed by atoms with E-state index in [0.29, 0.717) is 5.41 Å². The lowest BCUT2D eigenvalue weighted by atomic mass is 9.85. The van der Waals surface area contributed by atoms with Gasteiger partial charge in [0.1, 0.15) is 0 Å². The first-order valence-electron chi connectivity index (χ1n) is 8.61. The number of hydrogen-bond acceptors (Lipinski definition) is 3. The topological polar surface area (TPSA) is 24.5 Å². The molecule has 0 aromatic rings. The first-order chi connectivity index (χ1) is 9.61. The van der Waals surface area contributed by atoms with E-state index in [-0.39, 0.29) is 0 Å². The molecule has 0 aliphatic heterocycles. The molecule has 2 saturated carbocycles. The molecule has 2 fully saturated rings. The quantitative estimate of drug-likeness (QED) is 0.557. The van der Waals surface area contributed by atoms with E-state index in [1.165, 1.54) is 51.6 Å². The van der Waals surface area contributed by atoms with Crippen molar-refractivity contribution in [1.29, 1.82) is 0 Å². The molecule has 0 radical (unpaired) electrons. The fraction of sp³-hybridized carbons (Fsp3) is 1.00. The second-order valence-electron chi connectivity index (χ2n) is 7.47. The standard InChI is InChI=1S/C17H34N2O/c1-4-9-17(2,13-18-16-7-8-16)14-19(3)10-11-20-12-15-5-6-15/h15-16,18H,4-14H2,1-3H3. The number of nitrogens with zero attached hydrogens (tertiary/aromatic N) is 1. The summed E-state index contributed by atoms with van der Waals surface area (Å²) in [7, 11) is 2.24. The van der Waals surface area contributed by atoms with E-state index in [2.05, 4.69) is 31.1 Å². The minimum absolute atomic E-state index is 0.405. The lowest BCUT2D eigenvalue weighted by Gasteiger charge is -2.34. The summed E-state index contributed by atoms with van der Waals surface area (Å²) in [6, 6.07) is 0.818. The van der Waals surface area contributed by atoms with Crippen molar-refractivity contribution >= 4 is 0 Å². The second kappa shape index (κ2) is 7.77. The van der Waals surface area contributed by atoms with Crippen LogP contribution < -0.4 is 5.32 Å². The number of hydrogen-bond donors (Lipinski definition) is 1. The first-order valence-corrected chi connectivity index (χ1v) is 8.61. The van der Waals surface area contributed by atoms with E-state index in [9.17, 15) is 0 Å². The molecule has 0 spiro atoms. The summed E-state index contributed by atoms with van der Waals surface area (Å²) in [6.45, 7) is 10.0. The molecule has 2 rings (SSSR count). The molecule has 3 heteroatoms. The summed E-state index contributed by atoms with van der Waals surface area (Å²) in [4.78, 5) is 2.46. The van der Waals surface area contributed by atoms with Gasteiger partial charge in [0.05, 0.1) is 6.61 Å². The van der Waals surface area contributed by atoms with Gasteiger partial charge in [-0.15, -0.1) is 0 Å². The van der Waals surface area contributed by atoms with E-state index < -0.39 is 0 Å². The zero-order valence-corrected chi connectivity index (χ0v) is 13.8. The maximum absolute atomic E-state index is 5.75. The Morgan fingerprint density at radius 2 is 2.00 bits per heavy atom. The van der Waals surface area contributed by atoms with E-state index >= 15 is 0 Å². The average molecular weight is 282 g/mol. The van der Waals surface area contributed by atoms with Crippen LogP contribution in [-0.2, 0) is 4.74 Å². The maximum Gasteiger partial charge on any atom is 0.0593 e. The molecule has 2 aliphatic rings. The third-order valence-corrected chi connectivity index (χ3v) is 4.57. The van der Waals surface area contributed by atoms with Gasteiger partial charge in [0.25, 0.3) is 0 Å². The van der Waals surface area contributed by atoms with E-state index in [1.54, 1.807) is 0 Å². The Bertz CT molecular complexity index is 276. The third-order valence-electron chi connectivity index (χ3n) is 4.57. The smallest absolute Gasteiger partial charge is 0.0593 e. The second-order valence-corrected chi connectivity index (χ2v) is 7.47. The Morgan fingerprint density at radius 1 is 1.25 bits per heavy atom. The summed E-state index contributed by atoms with van der Waals surface area (Å²) in [5.41, 5.74) is 0.405. The van der Waals surface area contributed by atoms with E-state index in [1.807, 2.05) is 0 Å². The molecule has 118 valence electrons. The molecule has 20 heavy (non-hydrogen) atoms. The van der Waals surface area contributed by atoms with E-state index in [0.717, 1.165) is 31.7 Å². The zero-order chi connectivity index (χ0) is 14.4. The van der Waals surface area contributed by atoms with Crippen LogP contribution in [0.1, 0.15) is 52.4 Å². The molecule has 0 saturated heterocycles. The van der Waals surface area contributed by atoms with Crippen molar-refractivity contribution in [3.63, 3.8) is 0 Å². The fourth-order valence-corrected chi connectivity index (χ4v) is 2.99. The van der Waals surface area contributed by atoms with Crippen molar-refractivity contribution in [3.05, 3.63) is 0 Å². The summed E-state index contributed by atoms with van der Waals surface area (Å²) >= 11 is 0. The highest BCUT2D eigenvalue weighted by Gasteiger charge is 2.29. The van der Waals surface area contributed by atoms with Crippen LogP contribution in [0.5, 0.6) is 0 Å². The molecular weight excluding hydrogens is 248 g/mol. The van der Waals surface area contributed by atoms with Gasteiger partial charge in [0, 0.05) is 32.3 Å². The summed E-state index contributed by atoms with van der Waals surface area (Å²) in [5.74, 6) is 0.883. The van der Waals surface area contributed by atoms with Gasteiger partial charge < -0.3 is 15.0 Å². The monoisotopic (exact) mass is 282 g/mol. The molecule has 3 nitrogen and oxygen atoms in total. The molecule has 0 heterocycles. The van der Waals surface area contributed by atoms with Crippen LogP contribution in [0.25, 0.3) is 0 Å². The lowest BCUT2D eigenvalue weighted by molar-refractivity contribution is 0.0870. The van der Waals surface area contributed by atoms with Gasteiger partial charge in [0.2, 0.25) is 0 Å². The summed E-state index contributed by atoms with van der Waals surface area (Å²) < 4.78 is 5.75. The lowest BCUT2D eigenvalue weighted by Crippen LogP contribution is -2.42. The van der Waals surface area contributed by atoms with Crippen LogP contribution in [0.3, 0.4) is 0 Å². The van der Waals surface area contributed by atoms with Crippen LogP contribution in [0.15, 0.2) is 0 Å². The van der Waals surface area contributed by atoms with Crippen LogP contribution in [0, 0.1) is 11.3 Å². The molecule has 0 aromatic carbocycles. The molecule has 0 bridgehead atoms. The molecule has 0 aromatic heterocycles. The highest BCUT2D eigenvalue weighted by atomic mass is 16.5. The Morgan fingerprint density at radius 3 is 2.60 bits per heavy atom. The summed E-state index contributed by atoms with van der Waals surface area (Å²) in [5, 5.41) is 3.72. The average Bonchev–Trinajstić information content (AvgIpc) is 3.27. The van der Waals surface area contributed by atoms with Gasteiger partial charge >= 0.3 is 0 Å². The van der Waals surface area contributed by atoms with Crippen molar-refractivity contribution in [3.8, 4) is 0 Å². The molecule has 1 N–H and O–H groups in total. The van der Waals surface area contributed by atoms with Crippen LogP contribution in [-0.4, -0.2) is 50.8 Å². The van der Waals surface area contributed by atoms with Gasteiger partial charge in [-0.2, -0.15) is 0 Å². The molecule has 0 amide bonds. The van der Waals surface area contributed by atoms with Gasteiger partial charge in [0.15, 0.2) is 0 Å². The minimum atomic E-state index is 0.405. The van der Waals surface area contributed by atoms with Crippen LogP contribution in [0.2, 0.25) is 0 Å². The molecular formula is C17H34N2O. The number of likely N-dealkylation sites (N-methyl/N-ethyl adjacent to an activating group) is 1. The Balaban J connectivity index is 1.61. The number of nitrogens with one attached hydrogen (secondary N) is 1. The predicted molar refractivity (Wildman–Crippen MR) is 85.1 cm³/mol. The molecule has 2 aliphatic carbocycles. The van der Waals surface area contributed by atoms with E-state index in [4.69, 9.17) is 4.74 Å². The SMILES string of the molecule is CCCC(C)(CNC1CC1)CN(C)CCOCC1CC1. The Hall–Kier alpha value is -0.120. The number of rotatable bonds is 12. The van der Waals surface area contributed by atoms with Crippen LogP contribution in [0.4, 0.5) is 0 Å². The van der Waals surface area contributed by atoms with Crippen molar-refractivity contribution in [2.24, 2.45) is 11.3 Å². The van der Waals surface area contributed by atoms with Crippen molar-refractivity contribution in [2.45, 2.75) is 58.4 Å². The summed E-state index contributed by atoms with van der Waals surface area (Å²) in [6.07, 6.45) is 8.11. The normalized spacial score (nSPS) is 22.2. The van der Waals surface area contributed by atoms with Crippen molar-refractivity contribution in [2.75, 3.05) is 39.9 Å².